The molecule has 0 N–H and O–H groups in total. The molecule has 31 heavy (non-hydrogen) atoms. The quantitative estimate of drug-likeness (QED) is 0.442. The van der Waals surface area contributed by atoms with Crippen LogP contribution in [0.25, 0.3) is 0 Å². The minimum absolute atomic E-state index is 0.00842. The number of carbonyl (C=O) groups excluding carboxylic acids is 1. The fraction of sp³-hybridized carbons (Fsp3) is 0.455. The van der Waals surface area contributed by atoms with Gasteiger partial charge in [-0.25, -0.2) is 13.8 Å². The number of thioether (sulfide) groups is 1. The smallest absolute Gasteiger partial charge is 0.272 e. The second kappa shape index (κ2) is 10.0. The van der Waals surface area contributed by atoms with Gasteiger partial charge in [0.2, 0.25) is 0 Å². The minimum Gasteiger partial charge on any atom is -0.372 e. The van der Waals surface area contributed by atoms with Gasteiger partial charge in [0.15, 0.2) is 0 Å². The lowest BCUT2D eigenvalue weighted by Gasteiger charge is -2.43. The van der Waals surface area contributed by atoms with Gasteiger partial charge in [0.05, 0.1) is 6.61 Å². The summed E-state index contributed by atoms with van der Waals surface area (Å²) in [7, 11) is 2.93. The molecule has 0 radical (unpaired) electrons. The summed E-state index contributed by atoms with van der Waals surface area (Å²) < 4.78 is 44.5. The lowest BCUT2D eigenvalue weighted by Crippen LogP contribution is -2.56. The Kier molecular flexibility index (Phi) is 7.64. The zero-order valence-electron chi connectivity index (χ0n) is 17.9. The number of ether oxygens (including phenoxy) is 3. The SMILES string of the molecule is COCOC[C@]1(C2C=CC=CC2C)SC(c2cc(F)ccc2F)=NN1C(=O)[C@H](C)OC. The number of hydrazone groups is 1. The Hall–Kier alpha value is -2.07. The largest absolute Gasteiger partial charge is 0.372 e. The minimum atomic E-state index is -1.04. The van der Waals surface area contributed by atoms with Gasteiger partial charge >= 0.3 is 0 Å². The van der Waals surface area contributed by atoms with E-state index in [9.17, 15) is 13.6 Å². The first-order chi connectivity index (χ1) is 14.8. The molecule has 0 fully saturated rings. The van der Waals surface area contributed by atoms with Gasteiger partial charge in [-0.15, -0.1) is 0 Å². The third-order valence-electron chi connectivity index (χ3n) is 5.33. The topological polar surface area (TPSA) is 60.4 Å². The summed E-state index contributed by atoms with van der Waals surface area (Å²) in [6, 6.07) is 3.17. The van der Waals surface area contributed by atoms with Crippen LogP contribution in [0.4, 0.5) is 8.78 Å². The summed E-state index contributed by atoms with van der Waals surface area (Å²) in [5.41, 5.74) is -0.00975. The summed E-state index contributed by atoms with van der Waals surface area (Å²) in [6.07, 6.45) is 7.04. The van der Waals surface area contributed by atoms with Crippen molar-refractivity contribution in [2.45, 2.75) is 24.8 Å². The van der Waals surface area contributed by atoms with Gasteiger partial charge in [-0.1, -0.05) is 43.0 Å². The molecule has 1 aliphatic carbocycles. The molecule has 9 heteroatoms. The van der Waals surface area contributed by atoms with E-state index in [0.29, 0.717) is 0 Å². The summed E-state index contributed by atoms with van der Waals surface area (Å²) in [5, 5.41) is 5.98. The molecule has 0 saturated carbocycles. The van der Waals surface area contributed by atoms with Crippen LogP contribution in [0.15, 0.2) is 47.6 Å². The highest BCUT2D eigenvalue weighted by Crippen LogP contribution is 2.49. The van der Waals surface area contributed by atoms with Crippen LogP contribution in [0.2, 0.25) is 0 Å². The van der Waals surface area contributed by atoms with Crippen LogP contribution in [0, 0.1) is 23.5 Å². The summed E-state index contributed by atoms with van der Waals surface area (Å²) >= 11 is 1.19. The molecule has 6 nitrogen and oxygen atoms in total. The number of nitrogens with zero attached hydrogens (tertiary/aromatic N) is 2. The van der Waals surface area contributed by atoms with Gasteiger partial charge in [0.25, 0.3) is 5.91 Å². The van der Waals surface area contributed by atoms with Crippen LogP contribution in [0.3, 0.4) is 0 Å². The Morgan fingerprint density at radius 3 is 2.71 bits per heavy atom. The number of hydrogen-bond acceptors (Lipinski definition) is 6. The molecular formula is C22H26F2N2O4S. The molecule has 0 bridgehead atoms. The maximum absolute atomic E-state index is 14.6. The van der Waals surface area contributed by atoms with Crippen molar-refractivity contribution in [2.24, 2.45) is 16.9 Å². The Morgan fingerprint density at radius 1 is 1.29 bits per heavy atom. The van der Waals surface area contributed by atoms with Crippen molar-refractivity contribution >= 4 is 22.7 Å². The molecule has 1 heterocycles. The normalized spacial score (nSPS) is 26.3. The molecule has 0 spiro atoms. The fourth-order valence-electron chi connectivity index (χ4n) is 3.63. The van der Waals surface area contributed by atoms with Crippen LogP contribution < -0.4 is 0 Å². The molecule has 1 aliphatic heterocycles. The van der Waals surface area contributed by atoms with Crippen molar-refractivity contribution in [1.82, 2.24) is 5.01 Å². The number of halogens is 2. The zero-order chi connectivity index (χ0) is 22.6. The van der Waals surface area contributed by atoms with E-state index >= 15 is 0 Å². The second-order valence-electron chi connectivity index (χ2n) is 7.41. The van der Waals surface area contributed by atoms with Crippen molar-refractivity contribution in [2.75, 3.05) is 27.6 Å². The number of carbonyl (C=O) groups is 1. The standard InChI is InChI=1S/C22H26F2N2O4S/c1-14-7-5-6-8-18(14)22(12-30-13-28-3)26(21(27)15(2)29-4)25-20(31-22)17-11-16(23)9-10-19(17)24/h5-11,14-15,18H,12-13H2,1-4H3/t14?,15-,18?,22+/m0/s1. The number of methoxy groups -OCH3 is 2. The first-order valence-corrected chi connectivity index (χ1v) is 10.7. The van der Waals surface area contributed by atoms with Crippen molar-refractivity contribution in [3.8, 4) is 0 Å². The Morgan fingerprint density at radius 2 is 2.03 bits per heavy atom. The van der Waals surface area contributed by atoms with E-state index in [1.54, 1.807) is 6.92 Å². The lowest BCUT2D eigenvalue weighted by atomic mass is 9.83. The molecular weight excluding hydrogens is 426 g/mol. The zero-order valence-corrected chi connectivity index (χ0v) is 18.7. The Bertz CT molecular complexity index is 907. The Labute approximate surface area is 184 Å². The molecule has 2 unspecified atom stereocenters. The predicted octanol–water partition coefficient (Wildman–Crippen LogP) is 3.93. The molecule has 168 valence electrons. The summed E-state index contributed by atoms with van der Waals surface area (Å²) in [4.78, 5) is 12.2. The lowest BCUT2D eigenvalue weighted by molar-refractivity contribution is -0.149. The molecule has 1 aromatic carbocycles. The van der Waals surface area contributed by atoms with E-state index in [4.69, 9.17) is 14.2 Å². The van der Waals surface area contributed by atoms with Gasteiger partial charge in [-0.3, -0.25) is 4.79 Å². The molecule has 1 aromatic rings. The molecule has 2 aliphatic rings. The van der Waals surface area contributed by atoms with Crippen molar-refractivity contribution in [3.63, 3.8) is 0 Å². The molecule has 1 amide bonds. The Balaban J connectivity index is 2.11. The van der Waals surface area contributed by atoms with E-state index in [2.05, 4.69) is 5.10 Å². The number of allylic oxidation sites excluding steroid dienone is 3. The highest BCUT2D eigenvalue weighted by Gasteiger charge is 2.54. The van der Waals surface area contributed by atoms with Crippen molar-refractivity contribution in [3.05, 3.63) is 59.7 Å². The van der Waals surface area contributed by atoms with E-state index in [1.165, 1.54) is 31.0 Å². The summed E-state index contributed by atoms with van der Waals surface area (Å²) in [5.74, 6) is -1.81. The van der Waals surface area contributed by atoms with Gasteiger partial charge in [0, 0.05) is 25.7 Å². The van der Waals surface area contributed by atoms with E-state index in [0.717, 1.165) is 18.2 Å². The molecule has 4 atom stereocenters. The first-order valence-electron chi connectivity index (χ1n) is 9.85. The van der Waals surface area contributed by atoms with E-state index < -0.39 is 28.5 Å². The number of rotatable bonds is 8. The van der Waals surface area contributed by atoms with Crippen molar-refractivity contribution < 1.29 is 27.8 Å². The number of hydrogen-bond donors (Lipinski definition) is 0. The number of amides is 1. The predicted molar refractivity (Wildman–Crippen MR) is 115 cm³/mol. The van der Waals surface area contributed by atoms with Crippen LogP contribution in [-0.4, -0.2) is 54.6 Å². The van der Waals surface area contributed by atoms with Gasteiger partial charge in [-0.05, 0) is 31.0 Å². The van der Waals surface area contributed by atoms with Gasteiger partial charge in [-0.2, -0.15) is 5.10 Å². The monoisotopic (exact) mass is 452 g/mol. The fourth-order valence-corrected chi connectivity index (χ4v) is 5.14. The molecule has 0 aromatic heterocycles. The van der Waals surface area contributed by atoms with Crippen LogP contribution in [0.5, 0.6) is 0 Å². The third kappa shape index (κ3) is 4.74. The average molecular weight is 453 g/mol. The van der Waals surface area contributed by atoms with E-state index in [-0.39, 0.29) is 35.8 Å². The first kappa shape index (κ1) is 23.6. The molecule has 0 saturated heterocycles. The van der Waals surface area contributed by atoms with Gasteiger partial charge in [0.1, 0.15) is 34.4 Å². The van der Waals surface area contributed by atoms with Crippen LogP contribution in [-0.2, 0) is 19.0 Å². The van der Waals surface area contributed by atoms with Crippen LogP contribution >= 0.6 is 11.8 Å². The number of benzene rings is 1. The highest BCUT2D eigenvalue weighted by atomic mass is 32.2. The van der Waals surface area contributed by atoms with E-state index in [1.807, 2.05) is 31.2 Å². The maximum Gasteiger partial charge on any atom is 0.272 e. The third-order valence-corrected chi connectivity index (χ3v) is 6.74. The highest BCUT2D eigenvalue weighted by molar-refractivity contribution is 8.15. The van der Waals surface area contributed by atoms with Crippen LogP contribution in [0.1, 0.15) is 19.4 Å². The maximum atomic E-state index is 14.6. The van der Waals surface area contributed by atoms with Gasteiger partial charge < -0.3 is 14.2 Å². The average Bonchev–Trinajstić information content (AvgIpc) is 3.15. The molecule has 3 rings (SSSR count). The van der Waals surface area contributed by atoms with Crippen molar-refractivity contribution in [1.29, 1.82) is 0 Å². The summed E-state index contributed by atoms with van der Waals surface area (Å²) in [6.45, 7) is 3.70. The second-order valence-corrected chi connectivity index (χ2v) is 8.71.